The lowest BCUT2D eigenvalue weighted by atomic mass is 9.87. The number of benzene rings is 2. The molecule has 2 aromatic carbocycles. The van der Waals surface area contributed by atoms with E-state index in [0.717, 1.165) is 49.2 Å². The van der Waals surface area contributed by atoms with Crippen molar-refractivity contribution < 1.29 is 27.2 Å². The van der Waals surface area contributed by atoms with Crippen LogP contribution in [-0.4, -0.2) is 75.4 Å². The summed E-state index contributed by atoms with van der Waals surface area (Å²) in [6.07, 6.45) is 0.941. The number of anilines is 2. The Labute approximate surface area is 261 Å². The van der Waals surface area contributed by atoms with Crippen LogP contribution in [0.1, 0.15) is 42.5 Å². The van der Waals surface area contributed by atoms with Gasteiger partial charge in [0.1, 0.15) is 12.9 Å². The summed E-state index contributed by atoms with van der Waals surface area (Å²) in [4.78, 5) is 3.03. The highest BCUT2D eigenvalue weighted by Gasteiger charge is 2.41. The number of nitrogens with zero attached hydrogens (tertiary/aromatic N) is 1. The molecule has 236 valence electrons. The lowest BCUT2D eigenvalue weighted by Gasteiger charge is -2.50. The quantitative estimate of drug-likeness (QED) is 0.205. The van der Waals surface area contributed by atoms with Gasteiger partial charge in [-0.2, -0.15) is 13.2 Å². The van der Waals surface area contributed by atoms with Gasteiger partial charge < -0.3 is 24.7 Å². The number of hydrogen-bond acceptors (Lipinski definition) is 7. The standard InChI is InChI=1S/C33H39F3N3O3PS/c1-41-30-17-25(43(2,3)40)13-14-28(30)37-15-5-8-31-27(18-33(34,35)36)26-6-4-7-29(32(26)44-31)38-21-9-11-22(12-10-21)39-19-23-16-24(20-39)42-23/h4,6-7,13-14,17,21-24,37-38H,9-12,15-16,18-20H2,1-3H3. The van der Waals surface area contributed by atoms with Crippen molar-refractivity contribution in [1.82, 2.24) is 4.90 Å². The Kier molecular flexibility index (Phi) is 8.96. The van der Waals surface area contributed by atoms with Gasteiger partial charge in [-0.1, -0.05) is 24.0 Å². The molecule has 1 saturated carbocycles. The summed E-state index contributed by atoms with van der Waals surface area (Å²) in [6.45, 7) is 5.68. The van der Waals surface area contributed by atoms with Crippen LogP contribution in [-0.2, 0) is 15.7 Å². The first-order chi connectivity index (χ1) is 21.0. The molecule has 11 heteroatoms. The van der Waals surface area contributed by atoms with E-state index in [0.29, 0.717) is 45.3 Å². The van der Waals surface area contributed by atoms with Gasteiger partial charge in [0, 0.05) is 36.9 Å². The normalized spacial score (nSPS) is 23.9. The molecule has 4 aliphatic rings. The second kappa shape index (κ2) is 12.6. The third-order valence-corrected chi connectivity index (χ3v) is 11.6. The summed E-state index contributed by atoms with van der Waals surface area (Å²) in [5, 5.41) is 8.18. The third kappa shape index (κ3) is 7.07. The van der Waals surface area contributed by atoms with Gasteiger partial charge in [-0.15, -0.1) is 11.3 Å². The van der Waals surface area contributed by atoms with E-state index in [2.05, 4.69) is 27.4 Å². The van der Waals surface area contributed by atoms with Gasteiger partial charge in [0.25, 0.3) is 0 Å². The van der Waals surface area contributed by atoms with Gasteiger partial charge in [0.05, 0.1) is 53.2 Å². The fourth-order valence-electron chi connectivity index (χ4n) is 6.68. The first-order valence-electron chi connectivity index (χ1n) is 15.2. The maximum Gasteiger partial charge on any atom is 0.393 e. The van der Waals surface area contributed by atoms with Crippen LogP contribution in [0.25, 0.3) is 10.1 Å². The summed E-state index contributed by atoms with van der Waals surface area (Å²) in [5.74, 6) is 6.58. The molecule has 0 spiro atoms. The highest BCUT2D eigenvalue weighted by atomic mass is 32.1. The van der Waals surface area contributed by atoms with Gasteiger partial charge in [0.2, 0.25) is 0 Å². The molecule has 3 saturated heterocycles. The summed E-state index contributed by atoms with van der Waals surface area (Å²) in [5.41, 5.74) is 1.79. The number of hydrogen-bond donors (Lipinski definition) is 2. The predicted octanol–water partition coefficient (Wildman–Crippen LogP) is 6.92. The minimum Gasteiger partial charge on any atom is -0.495 e. The van der Waals surface area contributed by atoms with Crippen LogP contribution < -0.4 is 20.7 Å². The molecular weight excluding hydrogens is 606 g/mol. The third-order valence-electron chi connectivity index (χ3n) is 8.93. The molecule has 4 heterocycles. The molecule has 6 nitrogen and oxygen atoms in total. The van der Waals surface area contributed by atoms with Crippen LogP contribution >= 0.6 is 18.5 Å². The van der Waals surface area contributed by atoms with Gasteiger partial charge in [0.15, 0.2) is 0 Å². The molecule has 1 aliphatic carbocycles. The van der Waals surface area contributed by atoms with Gasteiger partial charge >= 0.3 is 6.18 Å². The summed E-state index contributed by atoms with van der Waals surface area (Å²) >= 11 is 1.32. The van der Waals surface area contributed by atoms with Gasteiger partial charge in [-0.3, -0.25) is 4.90 Å². The summed E-state index contributed by atoms with van der Waals surface area (Å²) < 4.78 is 65.7. The van der Waals surface area contributed by atoms with Crippen LogP contribution in [0, 0.1) is 11.8 Å². The van der Waals surface area contributed by atoms with Crippen molar-refractivity contribution in [3.05, 3.63) is 46.8 Å². The van der Waals surface area contributed by atoms with E-state index < -0.39 is 19.7 Å². The van der Waals surface area contributed by atoms with E-state index in [9.17, 15) is 17.7 Å². The summed E-state index contributed by atoms with van der Waals surface area (Å²) in [6, 6.07) is 11.8. The van der Waals surface area contributed by atoms with Crippen molar-refractivity contribution in [2.45, 2.75) is 69.0 Å². The Morgan fingerprint density at radius 2 is 1.82 bits per heavy atom. The largest absolute Gasteiger partial charge is 0.495 e. The van der Waals surface area contributed by atoms with E-state index in [1.165, 1.54) is 24.9 Å². The number of alkyl halides is 3. The number of thiophene rings is 1. The average molecular weight is 646 g/mol. The average Bonchev–Trinajstić information content (AvgIpc) is 3.31. The lowest BCUT2D eigenvalue weighted by Crippen LogP contribution is -2.60. The van der Waals surface area contributed by atoms with E-state index >= 15 is 0 Å². The highest BCUT2D eigenvalue weighted by molar-refractivity contribution is 7.70. The van der Waals surface area contributed by atoms with E-state index in [1.54, 1.807) is 37.6 Å². The molecule has 3 aromatic rings. The molecule has 2 bridgehead atoms. The monoisotopic (exact) mass is 645 g/mol. The SMILES string of the molecule is COc1cc(P(C)(C)=O)ccc1NCC#Cc1sc2c(NC3CCC(N4CC5CC(C4)O5)CC3)cccc2c1CC(F)(F)F. The fourth-order valence-corrected chi connectivity index (χ4v) is 8.71. The van der Waals surface area contributed by atoms with Crippen LogP contribution in [0.2, 0.25) is 0 Å². The number of halogens is 3. The molecule has 3 aliphatic heterocycles. The molecule has 0 radical (unpaired) electrons. The van der Waals surface area contributed by atoms with Crippen molar-refractivity contribution >= 4 is 45.2 Å². The Morgan fingerprint density at radius 1 is 1.09 bits per heavy atom. The molecular formula is C33H39F3N3O3PS. The topological polar surface area (TPSA) is 62.8 Å². The van der Waals surface area contributed by atoms with Crippen molar-refractivity contribution in [2.24, 2.45) is 0 Å². The lowest BCUT2D eigenvalue weighted by molar-refractivity contribution is -0.189. The molecule has 7 rings (SSSR count). The van der Waals surface area contributed by atoms with E-state index in [-0.39, 0.29) is 18.2 Å². The van der Waals surface area contributed by atoms with Crippen molar-refractivity contribution in [2.75, 3.05) is 50.7 Å². The maximum absolute atomic E-state index is 13.7. The second-order valence-electron chi connectivity index (χ2n) is 12.5. The van der Waals surface area contributed by atoms with Crippen molar-refractivity contribution in [3.8, 4) is 17.6 Å². The van der Waals surface area contributed by atoms with Gasteiger partial charge in [-0.05, 0) is 74.2 Å². The fraction of sp³-hybridized carbons (Fsp3) is 0.515. The van der Waals surface area contributed by atoms with Crippen molar-refractivity contribution in [3.63, 3.8) is 0 Å². The number of fused-ring (bicyclic) bond motifs is 3. The van der Waals surface area contributed by atoms with Crippen LogP contribution in [0.15, 0.2) is 36.4 Å². The molecule has 0 amide bonds. The maximum atomic E-state index is 13.7. The molecule has 1 aromatic heterocycles. The zero-order chi connectivity index (χ0) is 31.1. The smallest absolute Gasteiger partial charge is 0.393 e. The number of ether oxygens (including phenoxy) is 2. The molecule has 2 N–H and O–H groups in total. The first-order valence-corrected chi connectivity index (χ1v) is 18.6. The molecule has 4 fully saturated rings. The second-order valence-corrected chi connectivity index (χ2v) is 16.7. The Morgan fingerprint density at radius 3 is 2.48 bits per heavy atom. The Bertz CT molecular complexity index is 1600. The molecule has 2 atom stereocenters. The highest BCUT2D eigenvalue weighted by Crippen LogP contribution is 2.41. The minimum atomic E-state index is -4.35. The Balaban J connectivity index is 1.17. The number of methoxy groups -OCH3 is 1. The number of nitrogens with one attached hydrogen (secondary N) is 2. The number of piperidine rings is 1. The number of rotatable bonds is 8. The predicted molar refractivity (Wildman–Crippen MR) is 174 cm³/mol. The summed E-state index contributed by atoms with van der Waals surface area (Å²) in [7, 11) is -0.913. The Hall–Kier alpha value is -2.70. The van der Waals surface area contributed by atoms with Crippen molar-refractivity contribution in [1.29, 1.82) is 0 Å². The van der Waals surface area contributed by atoms with Gasteiger partial charge in [-0.25, -0.2) is 0 Å². The molecule has 44 heavy (non-hydrogen) atoms. The molecule has 2 unspecified atom stereocenters. The zero-order valence-electron chi connectivity index (χ0n) is 25.3. The van der Waals surface area contributed by atoms with E-state index in [1.807, 2.05) is 12.1 Å². The minimum absolute atomic E-state index is 0.213. The van der Waals surface area contributed by atoms with Crippen LogP contribution in [0.3, 0.4) is 0 Å². The first kappa shape index (κ1) is 31.3. The number of morpholine rings is 1. The zero-order valence-corrected chi connectivity index (χ0v) is 27.0. The van der Waals surface area contributed by atoms with E-state index in [4.69, 9.17) is 9.47 Å². The van der Waals surface area contributed by atoms with Crippen LogP contribution in [0.4, 0.5) is 24.5 Å². The van der Waals surface area contributed by atoms with Crippen LogP contribution in [0.5, 0.6) is 5.75 Å².